The molecule has 0 radical (unpaired) electrons. The maximum Gasteiger partial charge on any atom is 0.273 e. The van der Waals surface area contributed by atoms with Gasteiger partial charge in [-0.2, -0.15) is 0 Å². The minimum absolute atomic E-state index is 0.0832. The zero-order valence-corrected chi connectivity index (χ0v) is 23.3. The summed E-state index contributed by atoms with van der Waals surface area (Å²) in [6.07, 6.45) is 4.54. The summed E-state index contributed by atoms with van der Waals surface area (Å²) in [4.78, 5) is 34.3. The Kier molecular flexibility index (Phi) is 9.05. The van der Waals surface area contributed by atoms with Crippen LogP contribution in [0.25, 0.3) is 17.2 Å². The number of carbonyl (C=O) groups is 2. The van der Waals surface area contributed by atoms with E-state index in [1.807, 2.05) is 90.7 Å². The molecule has 9 heteroatoms. The summed E-state index contributed by atoms with van der Waals surface area (Å²) < 4.78 is 0. The lowest BCUT2D eigenvalue weighted by Crippen LogP contribution is -2.34. The van der Waals surface area contributed by atoms with Crippen LogP contribution in [0.4, 0.5) is 5.69 Å². The molecule has 0 saturated carbocycles. The second-order valence-corrected chi connectivity index (χ2v) is 10.3. The maximum absolute atomic E-state index is 13.7. The highest BCUT2D eigenvalue weighted by atomic mass is 16.7. The molecular formula is C32H36N6O3. The van der Waals surface area contributed by atoms with Crippen molar-refractivity contribution in [2.45, 2.75) is 45.4 Å². The number of fused-ring (bicyclic) bond motifs is 1. The first-order valence-corrected chi connectivity index (χ1v) is 14.2. The third-order valence-corrected chi connectivity index (χ3v) is 7.34. The van der Waals surface area contributed by atoms with Crippen LogP contribution >= 0.6 is 0 Å². The molecule has 0 aromatic heterocycles. The van der Waals surface area contributed by atoms with Gasteiger partial charge in [-0.05, 0) is 65.8 Å². The second kappa shape index (κ2) is 13.2. The molecule has 3 N–H and O–H groups in total. The molecule has 5 rings (SSSR count). The number of anilines is 1. The van der Waals surface area contributed by atoms with Crippen LogP contribution in [0.1, 0.15) is 54.1 Å². The van der Waals surface area contributed by atoms with Gasteiger partial charge in [-0.25, -0.2) is 5.06 Å². The van der Waals surface area contributed by atoms with Gasteiger partial charge < -0.3 is 16.1 Å². The van der Waals surface area contributed by atoms with E-state index in [2.05, 4.69) is 15.7 Å². The molecule has 1 saturated heterocycles. The normalized spacial score (nSPS) is 16.6. The molecule has 0 aliphatic carbocycles. The smallest absolute Gasteiger partial charge is 0.273 e. The van der Waals surface area contributed by atoms with E-state index in [9.17, 15) is 9.59 Å². The van der Waals surface area contributed by atoms with Crippen LogP contribution in [0.15, 0.2) is 88.7 Å². The summed E-state index contributed by atoms with van der Waals surface area (Å²) in [7, 11) is 0. The third kappa shape index (κ3) is 6.81. The second-order valence-electron chi connectivity index (χ2n) is 10.3. The summed E-state index contributed by atoms with van der Waals surface area (Å²) in [5.74, 6) is 5.30. The van der Waals surface area contributed by atoms with Crippen molar-refractivity contribution in [3.05, 3.63) is 95.1 Å². The Morgan fingerprint density at radius 1 is 1.02 bits per heavy atom. The number of hydrogen-bond donors (Lipinski definition) is 2. The number of nitrogens with one attached hydrogen (secondary N) is 1. The molecule has 212 valence electrons. The quantitative estimate of drug-likeness (QED) is 0.198. The molecule has 2 aliphatic rings. The highest BCUT2D eigenvalue weighted by molar-refractivity contribution is 5.99. The number of hydroxylamine groups is 2. The third-order valence-electron chi connectivity index (χ3n) is 7.34. The Morgan fingerprint density at radius 2 is 1.76 bits per heavy atom. The summed E-state index contributed by atoms with van der Waals surface area (Å²) in [6, 6.07) is 23.5. The highest BCUT2D eigenvalue weighted by Gasteiger charge is 2.26. The van der Waals surface area contributed by atoms with Gasteiger partial charge in [0.05, 0.1) is 0 Å². The lowest BCUT2D eigenvalue weighted by atomic mass is 10.00. The standard InChI is InChI=1S/C32H36N6O3/c1-2-16-38(41-22-23-8-4-3-5-9-23)32(40)28-19-27-15-14-26(20-29(27)34-30(21-28)35-36-33)24-10-12-25(13-11-24)31(39)37-17-6-7-18-37/h3-5,8-15,19-20,30,34H,2,6-7,16-18,21-22H2,1H3,(H2,33,35). The van der Waals surface area contributed by atoms with Gasteiger partial charge in [0, 0.05) is 42.9 Å². The van der Waals surface area contributed by atoms with Gasteiger partial charge in [-0.3, -0.25) is 14.4 Å². The lowest BCUT2D eigenvalue weighted by molar-refractivity contribution is -0.187. The number of carbonyl (C=O) groups excluding carboxylic acids is 2. The average molecular weight is 553 g/mol. The van der Waals surface area contributed by atoms with Crippen LogP contribution in [0.2, 0.25) is 0 Å². The van der Waals surface area contributed by atoms with Crippen LogP contribution < -0.4 is 11.2 Å². The van der Waals surface area contributed by atoms with Crippen LogP contribution in [0.5, 0.6) is 0 Å². The Hall–Kier alpha value is -4.50. The Labute approximate surface area is 240 Å². The first-order chi connectivity index (χ1) is 20.1. The molecule has 1 unspecified atom stereocenters. The summed E-state index contributed by atoms with van der Waals surface area (Å²) in [6.45, 7) is 4.41. The van der Waals surface area contributed by atoms with E-state index in [4.69, 9.17) is 10.7 Å². The van der Waals surface area contributed by atoms with Gasteiger partial charge in [0.1, 0.15) is 12.8 Å². The van der Waals surface area contributed by atoms with E-state index in [1.54, 1.807) is 0 Å². The molecular weight excluding hydrogens is 516 g/mol. The molecule has 2 aliphatic heterocycles. The molecule has 1 atom stereocenters. The SMILES string of the molecule is CCCN(OCc1ccccc1)C(=O)C1=Cc2ccc(-c3ccc(C(=O)N4CCCC4)cc3)cc2NC(N=NN)C1. The average Bonchev–Trinajstić information content (AvgIpc) is 3.48. The van der Waals surface area contributed by atoms with Crippen molar-refractivity contribution >= 4 is 23.6 Å². The molecule has 3 aromatic carbocycles. The summed E-state index contributed by atoms with van der Waals surface area (Å²) in [5, 5.41) is 12.5. The van der Waals surface area contributed by atoms with Crippen LogP contribution in [0.3, 0.4) is 0 Å². The monoisotopic (exact) mass is 552 g/mol. The molecule has 2 amide bonds. The fraction of sp³-hybridized carbons (Fsp3) is 0.312. The first-order valence-electron chi connectivity index (χ1n) is 14.2. The number of amides is 2. The van der Waals surface area contributed by atoms with Crippen molar-refractivity contribution in [1.82, 2.24) is 9.96 Å². The molecule has 41 heavy (non-hydrogen) atoms. The van der Waals surface area contributed by atoms with Gasteiger partial charge in [-0.1, -0.05) is 66.7 Å². The fourth-order valence-electron chi connectivity index (χ4n) is 5.19. The number of hydrogen-bond acceptors (Lipinski definition) is 6. The summed E-state index contributed by atoms with van der Waals surface area (Å²) in [5.41, 5.74) is 5.86. The van der Waals surface area contributed by atoms with Gasteiger partial charge in [0.2, 0.25) is 0 Å². The number of rotatable bonds is 9. The highest BCUT2D eigenvalue weighted by Crippen LogP contribution is 2.32. The maximum atomic E-state index is 13.7. The van der Waals surface area contributed by atoms with Crippen molar-refractivity contribution in [2.24, 2.45) is 16.2 Å². The van der Waals surface area contributed by atoms with Crippen molar-refractivity contribution in [3.63, 3.8) is 0 Å². The van der Waals surface area contributed by atoms with E-state index < -0.39 is 6.17 Å². The number of likely N-dealkylation sites (tertiary alicyclic amines) is 1. The van der Waals surface area contributed by atoms with Crippen LogP contribution in [-0.2, 0) is 16.2 Å². The molecule has 3 aromatic rings. The fourth-order valence-corrected chi connectivity index (χ4v) is 5.19. The van der Waals surface area contributed by atoms with Crippen molar-refractivity contribution in [3.8, 4) is 11.1 Å². The van der Waals surface area contributed by atoms with E-state index in [1.165, 1.54) is 5.06 Å². The predicted octanol–water partition coefficient (Wildman–Crippen LogP) is 5.81. The minimum Gasteiger partial charge on any atom is -0.361 e. The number of nitrogens with two attached hydrogens (primary N) is 1. The number of benzene rings is 3. The molecule has 2 heterocycles. The molecule has 1 fully saturated rings. The van der Waals surface area contributed by atoms with E-state index in [0.29, 0.717) is 30.7 Å². The van der Waals surface area contributed by atoms with Gasteiger partial charge in [0.15, 0.2) is 0 Å². The Morgan fingerprint density at radius 3 is 2.46 bits per heavy atom. The molecule has 0 spiro atoms. The van der Waals surface area contributed by atoms with Crippen molar-refractivity contribution in [2.75, 3.05) is 25.0 Å². The van der Waals surface area contributed by atoms with E-state index in [0.717, 1.165) is 60.3 Å². The zero-order chi connectivity index (χ0) is 28.6. The van der Waals surface area contributed by atoms with Crippen molar-refractivity contribution < 1.29 is 14.4 Å². The van der Waals surface area contributed by atoms with Crippen LogP contribution in [-0.4, -0.2) is 47.6 Å². The molecule has 0 bridgehead atoms. The summed E-state index contributed by atoms with van der Waals surface area (Å²) >= 11 is 0. The lowest BCUT2D eigenvalue weighted by Gasteiger charge is -2.23. The molecule has 9 nitrogen and oxygen atoms in total. The number of nitrogens with zero attached hydrogens (tertiary/aromatic N) is 4. The first kappa shape index (κ1) is 28.0. The predicted molar refractivity (Wildman–Crippen MR) is 159 cm³/mol. The van der Waals surface area contributed by atoms with Crippen molar-refractivity contribution in [1.29, 1.82) is 0 Å². The van der Waals surface area contributed by atoms with Gasteiger partial charge in [0.25, 0.3) is 11.8 Å². The Bertz CT molecular complexity index is 1420. The Balaban J connectivity index is 1.38. The minimum atomic E-state index is -0.523. The largest absolute Gasteiger partial charge is 0.361 e. The van der Waals surface area contributed by atoms with Crippen LogP contribution in [0, 0.1) is 0 Å². The van der Waals surface area contributed by atoms with E-state index in [-0.39, 0.29) is 11.8 Å². The van der Waals surface area contributed by atoms with E-state index >= 15 is 0 Å². The zero-order valence-electron chi connectivity index (χ0n) is 23.3. The van der Waals surface area contributed by atoms with Gasteiger partial charge >= 0.3 is 0 Å². The van der Waals surface area contributed by atoms with Gasteiger partial charge in [-0.15, -0.1) is 5.11 Å². The topological polar surface area (TPSA) is 113 Å².